The fraction of sp³-hybridized carbons (Fsp3) is 1.00. The lowest BCUT2D eigenvalue weighted by molar-refractivity contribution is 0.0742. The Hall–Kier alpha value is -0.240. The zero-order chi connectivity index (χ0) is 34.4. The van der Waals surface area contributed by atoms with Crippen LogP contribution in [0.1, 0.15) is 195 Å². The highest BCUT2D eigenvalue weighted by atomic mass is 16.6. The van der Waals surface area contributed by atoms with Crippen molar-refractivity contribution in [3.05, 3.63) is 0 Å². The third-order valence-electron chi connectivity index (χ3n) is 11.1. The summed E-state index contributed by atoms with van der Waals surface area (Å²) in [6.45, 7) is 15.8. The molecule has 0 bridgehead atoms. The van der Waals surface area contributed by atoms with Crippen molar-refractivity contribution >= 4 is 0 Å². The molecular weight excluding hydrogens is 600 g/mol. The second-order valence-corrected chi connectivity index (χ2v) is 15.2. The Morgan fingerprint density at radius 2 is 0.521 bits per heavy atom. The summed E-state index contributed by atoms with van der Waals surface area (Å²) in [5.41, 5.74) is 0.0899. The molecule has 286 valence electrons. The molecule has 4 unspecified atom stereocenters. The third kappa shape index (κ3) is 21.9. The Kier molecular flexibility index (Phi) is 26.9. The van der Waals surface area contributed by atoms with E-state index in [1.807, 2.05) is 0 Å². The SMILES string of the molecule is CCC1(COCCCCCCCCCCCCOCCCCCCOCCCCCCCCCCCCOCC2(CC)OC2C)OC1C. The summed E-state index contributed by atoms with van der Waals surface area (Å²) < 4.78 is 34.8. The van der Waals surface area contributed by atoms with Gasteiger partial charge < -0.3 is 28.4 Å². The molecule has 2 aliphatic heterocycles. The monoisotopic (exact) mass is 683 g/mol. The highest BCUT2D eigenvalue weighted by Gasteiger charge is 2.52. The maximum absolute atomic E-state index is 5.86. The van der Waals surface area contributed by atoms with Crippen LogP contribution in [0.15, 0.2) is 0 Å². The first kappa shape index (κ1) is 43.9. The van der Waals surface area contributed by atoms with Gasteiger partial charge in [0.05, 0.1) is 25.4 Å². The van der Waals surface area contributed by atoms with Crippen LogP contribution in [0, 0.1) is 0 Å². The minimum atomic E-state index is 0.0449. The lowest BCUT2D eigenvalue weighted by Crippen LogP contribution is -2.21. The van der Waals surface area contributed by atoms with E-state index in [1.165, 1.54) is 154 Å². The van der Waals surface area contributed by atoms with E-state index in [1.54, 1.807) is 0 Å². The van der Waals surface area contributed by atoms with Crippen LogP contribution in [0.25, 0.3) is 0 Å². The summed E-state index contributed by atoms with van der Waals surface area (Å²) in [7, 11) is 0. The van der Waals surface area contributed by atoms with Crippen molar-refractivity contribution < 1.29 is 28.4 Å². The number of ether oxygens (including phenoxy) is 6. The normalized spacial score (nSPS) is 23.2. The molecule has 4 atom stereocenters. The van der Waals surface area contributed by atoms with Gasteiger partial charge in [-0.15, -0.1) is 0 Å². The van der Waals surface area contributed by atoms with Crippen LogP contribution in [0.2, 0.25) is 0 Å². The van der Waals surface area contributed by atoms with E-state index in [-0.39, 0.29) is 11.2 Å². The van der Waals surface area contributed by atoms with Crippen molar-refractivity contribution in [3.8, 4) is 0 Å². The minimum absolute atomic E-state index is 0.0449. The average molecular weight is 683 g/mol. The molecule has 48 heavy (non-hydrogen) atoms. The van der Waals surface area contributed by atoms with Crippen molar-refractivity contribution in [1.29, 1.82) is 0 Å². The van der Waals surface area contributed by atoms with Gasteiger partial charge in [-0.25, -0.2) is 0 Å². The molecule has 0 amide bonds. The van der Waals surface area contributed by atoms with Crippen LogP contribution in [-0.2, 0) is 28.4 Å². The zero-order valence-electron chi connectivity index (χ0n) is 32.6. The molecule has 2 heterocycles. The topological polar surface area (TPSA) is 62.0 Å². The van der Waals surface area contributed by atoms with Crippen LogP contribution in [0.5, 0.6) is 0 Å². The molecule has 0 aromatic rings. The Morgan fingerprint density at radius 3 is 0.708 bits per heavy atom. The standard InChI is InChI=1S/C42H82O6/c1-5-41(39(3)47-41)37-45-35-29-21-17-13-9-7-11-15-19-25-31-43-33-27-23-24-28-34-44-32-26-20-16-12-8-10-14-18-22-30-36-46-38-42(6-2)40(4)48-42/h39-40H,5-38H2,1-4H3. The van der Waals surface area contributed by atoms with E-state index in [9.17, 15) is 0 Å². The number of hydrogen-bond acceptors (Lipinski definition) is 6. The van der Waals surface area contributed by atoms with Crippen LogP contribution >= 0.6 is 0 Å². The van der Waals surface area contributed by atoms with Gasteiger partial charge in [0.15, 0.2) is 0 Å². The molecule has 0 saturated carbocycles. The van der Waals surface area contributed by atoms with E-state index < -0.39 is 0 Å². The number of epoxide rings is 2. The Labute approximate surface area is 298 Å². The summed E-state index contributed by atoms with van der Waals surface area (Å²) >= 11 is 0. The number of unbranched alkanes of at least 4 members (excludes halogenated alkanes) is 21. The van der Waals surface area contributed by atoms with Gasteiger partial charge in [0.2, 0.25) is 0 Å². The smallest absolute Gasteiger partial charge is 0.117 e. The van der Waals surface area contributed by atoms with Gasteiger partial charge in [0, 0.05) is 39.6 Å². The van der Waals surface area contributed by atoms with Crippen molar-refractivity contribution in [2.24, 2.45) is 0 Å². The molecular formula is C42H82O6. The lowest BCUT2D eigenvalue weighted by Gasteiger charge is -2.10. The number of hydrogen-bond donors (Lipinski definition) is 0. The van der Waals surface area contributed by atoms with Crippen molar-refractivity contribution in [3.63, 3.8) is 0 Å². The molecule has 0 aliphatic carbocycles. The molecule has 2 aliphatic rings. The van der Waals surface area contributed by atoms with Gasteiger partial charge in [-0.1, -0.05) is 129 Å². The molecule has 0 radical (unpaired) electrons. The lowest BCUT2D eigenvalue weighted by atomic mass is 10.0. The zero-order valence-corrected chi connectivity index (χ0v) is 32.6. The van der Waals surface area contributed by atoms with Gasteiger partial charge in [-0.3, -0.25) is 0 Å². The molecule has 0 aromatic carbocycles. The maximum atomic E-state index is 5.86. The van der Waals surface area contributed by atoms with Crippen LogP contribution in [0.3, 0.4) is 0 Å². The molecule has 2 fully saturated rings. The second-order valence-electron chi connectivity index (χ2n) is 15.2. The minimum Gasteiger partial charge on any atom is -0.381 e. The Balaban J connectivity index is 1.12. The predicted molar refractivity (Wildman–Crippen MR) is 201 cm³/mol. The maximum Gasteiger partial charge on any atom is 0.117 e. The van der Waals surface area contributed by atoms with Gasteiger partial charge in [0.1, 0.15) is 11.2 Å². The van der Waals surface area contributed by atoms with Gasteiger partial charge in [-0.05, 0) is 65.2 Å². The third-order valence-corrected chi connectivity index (χ3v) is 11.1. The highest BCUT2D eigenvalue weighted by Crippen LogP contribution is 2.40. The molecule has 0 N–H and O–H groups in total. The van der Waals surface area contributed by atoms with Gasteiger partial charge >= 0.3 is 0 Å². The predicted octanol–water partition coefficient (Wildman–Crippen LogP) is 11.6. The van der Waals surface area contributed by atoms with Gasteiger partial charge in [0.25, 0.3) is 0 Å². The van der Waals surface area contributed by atoms with Gasteiger partial charge in [-0.2, -0.15) is 0 Å². The quantitative estimate of drug-likeness (QED) is 0.0475. The van der Waals surface area contributed by atoms with E-state index >= 15 is 0 Å². The summed E-state index contributed by atoms with van der Waals surface area (Å²) in [6, 6.07) is 0. The van der Waals surface area contributed by atoms with Crippen LogP contribution < -0.4 is 0 Å². The first-order valence-electron chi connectivity index (χ1n) is 21.2. The fourth-order valence-corrected chi connectivity index (χ4v) is 6.99. The molecule has 2 saturated heterocycles. The fourth-order valence-electron chi connectivity index (χ4n) is 6.99. The molecule has 6 heteroatoms. The second kappa shape index (κ2) is 29.3. The highest BCUT2D eigenvalue weighted by molar-refractivity contribution is 4.99. The first-order valence-corrected chi connectivity index (χ1v) is 21.2. The summed E-state index contributed by atoms with van der Waals surface area (Å²) in [4.78, 5) is 0. The van der Waals surface area contributed by atoms with E-state index in [2.05, 4.69) is 27.7 Å². The van der Waals surface area contributed by atoms with Crippen LogP contribution in [-0.4, -0.2) is 76.3 Å². The van der Waals surface area contributed by atoms with E-state index in [0.29, 0.717) is 12.2 Å². The van der Waals surface area contributed by atoms with E-state index in [0.717, 1.165) is 65.7 Å². The van der Waals surface area contributed by atoms with Crippen molar-refractivity contribution in [2.75, 3.05) is 52.9 Å². The largest absolute Gasteiger partial charge is 0.381 e. The molecule has 6 nitrogen and oxygen atoms in total. The number of rotatable bonds is 39. The Morgan fingerprint density at radius 1 is 0.333 bits per heavy atom. The van der Waals surface area contributed by atoms with Crippen molar-refractivity contribution in [2.45, 2.75) is 218 Å². The summed E-state index contributed by atoms with van der Waals surface area (Å²) in [5, 5.41) is 0. The summed E-state index contributed by atoms with van der Waals surface area (Å²) in [5.74, 6) is 0. The van der Waals surface area contributed by atoms with E-state index in [4.69, 9.17) is 28.4 Å². The summed E-state index contributed by atoms with van der Waals surface area (Å²) in [6.07, 6.45) is 34.4. The molecule has 0 aromatic heterocycles. The Bertz CT molecular complexity index is 640. The first-order chi connectivity index (χ1) is 23.6. The van der Waals surface area contributed by atoms with Crippen LogP contribution in [0.4, 0.5) is 0 Å². The average Bonchev–Trinajstić information content (AvgIpc) is 3.97. The molecule has 0 spiro atoms. The van der Waals surface area contributed by atoms with Crippen molar-refractivity contribution in [1.82, 2.24) is 0 Å². The molecule has 2 rings (SSSR count).